The predicted molar refractivity (Wildman–Crippen MR) is 103 cm³/mol. The van der Waals surface area contributed by atoms with Crippen LogP contribution in [0.1, 0.15) is 26.3 Å². The summed E-state index contributed by atoms with van der Waals surface area (Å²) in [5.74, 6) is -1.76. The molecule has 1 aromatic carbocycles. The predicted octanol–water partition coefficient (Wildman–Crippen LogP) is 2.59. The molecule has 9 heteroatoms. The highest BCUT2D eigenvalue weighted by molar-refractivity contribution is 6.21. The van der Waals surface area contributed by atoms with E-state index in [4.69, 9.17) is 32.7 Å². The molecule has 0 aliphatic carbocycles. The third-order valence-electron chi connectivity index (χ3n) is 3.14. The third kappa shape index (κ3) is 8.97. The molecule has 0 saturated heterocycles. The summed E-state index contributed by atoms with van der Waals surface area (Å²) in [6.07, 6.45) is -0.794. The van der Waals surface area contributed by atoms with Crippen LogP contribution in [0, 0.1) is 0 Å². The number of amides is 2. The van der Waals surface area contributed by atoms with Crippen molar-refractivity contribution in [1.82, 2.24) is 10.6 Å². The van der Waals surface area contributed by atoms with E-state index in [0.29, 0.717) is 0 Å². The Labute approximate surface area is 168 Å². The SMILES string of the molecule is CC(C)(C)OC(=O)N[C@@H](CCl)C(=O)N[C@@H](CCl)C(=O)OCc1ccccc1. The van der Waals surface area contributed by atoms with Crippen molar-refractivity contribution in [2.45, 2.75) is 45.1 Å². The van der Waals surface area contributed by atoms with E-state index in [1.54, 1.807) is 32.9 Å². The maximum Gasteiger partial charge on any atom is 0.408 e. The van der Waals surface area contributed by atoms with Crippen molar-refractivity contribution in [3.05, 3.63) is 35.9 Å². The van der Waals surface area contributed by atoms with Crippen LogP contribution < -0.4 is 10.6 Å². The van der Waals surface area contributed by atoms with Gasteiger partial charge < -0.3 is 20.1 Å². The largest absolute Gasteiger partial charge is 0.459 e. The quantitative estimate of drug-likeness (QED) is 0.499. The number of ether oxygens (including phenoxy) is 2. The number of halogens is 2. The lowest BCUT2D eigenvalue weighted by atomic mass is 10.2. The fraction of sp³-hybridized carbons (Fsp3) is 0.500. The summed E-state index contributed by atoms with van der Waals surface area (Å²) in [5, 5.41) is 4.77. The van der Waals surface area contributed by atoms with Gasteiger partial charge in [0.15, 0.2) is 0 Å². The topological polar surface area (TPSA) is 93.7 Å². The fourth-order valence-corrected chi connectivity index (χ4v) is 2.31. The molecular formula is C18H24Cl2N2O5. The molecular weight excluding hydrogens is 395 g/mol. The third-order valence-corrected chi connectivity index (χ3v) is 3.76. The van der Waals surface area contributed by atoms with Gasteiger partial charge in [0.2, 0.25) is 5.91 Å². The first kappa shape index (κ1) is 23.0. The fourth-order valence-electron chi connectivity index (χ4n) is 1.89. The molecule has 0 spiro atoms. The number of nitrogens with one attached hydrogen (secondary N) is 2. The minimum Gasteiger partial charge on any atom is -0.459 e. The Morgan fingerprint density at radius 1 is 1.00 bits per heavy atom. The number of alkyl halides is 2. The van der Waals surface area contributed by atoms with Gasteiger partial charge in [-0.2, -0.15) is 0 Å². The molecule has 2 atom stereocenters. The molecule has 0 aliphatic heterocycles. The second-order valence-corrected chi connectivity index (χ2v) is 7.28. The normalized spacial score (nSPS) is 13.2. The number of hydrogen-bond donors (Lipinski definition) is 2. The van der Waals surface area contributed by atoms with Crippen LogP contribution in [-0.4, -0.2) is 47.4 Å². The standard InChI is InChI=1S/C18H24Cl2N2O5/c1-18(2,3)27-17(25)22-13(9-19)15(23)21-14(10-20)16(24)26-11-12-7-5-4-6-8-12/h4-8,13-14H,9-11H2,1-3H3,(H,21,23)(H,22,25)/t13-,14-/m0/s1. The zero-order chi connectivity index (χ0) is 20.4. The van der Waals surface area contributed by atoms with Crippen LogP contribution in [0.3, 0.4) is 0 Å². The molecule has 1 aromatic rings. The number of rotatable bonds is 8. The Morgan fingerprint density at radius 3 is 2.11 bits per heavy atom. The molecule has 150 valence electrons. The average Bonchev–Trinajstić information content (AvgIpc) is 2.61. The first-order valence-electron chi connectivity index (χ1n) is 8.28. The van der Waals surface area contributed by atoms with Crippen molar-refractivity contribution in [3.63, 3.8) is 0 Å². The zero-order valence-electron chi connectivity index (χ0n) is 15.5. The Kier molecular flexibility index (Phi) is 9.38. The average molecular weight is 419 g/mol. The monoisotopic (exact) mass is 418 g/mol. The molecule has 2 N–H and O–H groups in total. The molecule has 0 heterocycles. The lowest BCUT2D eigenvalue weighted by Crippen LogP contribution is -2.53. The molecule has 0 aromatic heterocycles. The van der Waals surface area contributed by atoms with Gasteiger partial charge in [-0.05, 0) is 26.3 Å². The molecule has 0 bridgehead atoms. The number of carbonyl (C=O) groups excluding carboxylic acids is 3. The van der Waals surface area contributed by atoms with E-state index in [0.717, 1.165) is 5.56 Å². The van der Waals surface area contributed by atoms with Crippen LogP contribution >= 0.6 is 23.2 Å². The summed E-state index contributed by atoms with van der Waals surface area (Å²) in [5.41, 5.74) is 0.0767. The van der Waals surface area contributed by atoms with Gasteiger partial charge in [-0.3, -0.25) is 4.79 Å². The molecule has 0 aliphatic rings. The van der Waals surface area contributed by atoms with E-state index in [-0.39, 0.29) is 18.4 Å². The highest BCUT2D eigenvalue weighted by Crippen LogP contribution is 2.07. The van der Waals surface area contributed by atoms with Crippen molar-refractivity contribution in [2.75, 3.05) is 11.8 Å². The van der Waals surface area contributed by atoms with Crippen molar-refractivity contribution < 1.29 is 23.9 Å². The molecule has 0 saturated carbocycles. The van der Waals surface area contributed by atoms with E-state index in [9.17, 15) is 14.4 Å². The van der Waals surface area contributed by atoms with Gasteiger partial charge >= 0.3 is 12.1 Å². The van der Waals surface area contributed by atoms with Crippen molar-refractivity contribution >= 4 is 41.2 Å². The van der Waals surface area contributed by atoms with E-state index in [2.05, 4.69) is 10.6 Å². The molecule has 1 rings (SSSR count). The second-order valence-electron chi connectivity index (χ2n) is 6.66. The number of carbonyl (C=O) groups is 3. The first-order valence-corrected chi connectivity index (χ1v) is 9.35. The van der Waals surface area contributed by atoms with Crippen molar-refractivity contribution in [2.24, 2.45) is 0 Å². The maximum atomic E-state index is 12.3. The minimum absolute atomic E-state index is 0.0536. The number of alkyl carbamates (subject to hydrolysis) is 1. The summed E-state index contributed by atoms with van der Waals surface area (Å²) in [6, 6.07) is 6.92. The van der Waals surface area contributed by atoms with Gasteiger partial charge in [-0.1, -0.05) is 30.3 Å². The van der Waals surface area contributed by atoms with Gasteiger partial charge in [-0.15, -0.1) is 23.2 Å². The Hall–Kier alpha value is -1.99. The van der Waals surface area contributed by atoms with Crippen LogP contribution in [0.25, 0.3) is 0 Å². The highest BCUT2D eigenvalue weighted by atomic mass is 35.5. The van der Waals surface area contributed by atoms with Gasteiger partial charge in [0.05, 0.1) is 11.8 Å². The lowest BCUT2D eigenvalue weighted by molar-refractivity contribution is -0.148. The number of hydrogen-bond acceptors (Lipinski definition) is 5. The lowest BCUT2D eigenvalue weighted by Gasteiger charge is -2.23. The van der Waals surface area contributed by atoms with Crippen molar-refractivity contribution in [1.29, 1.82) is 0 Å². The number of benzene rings is 1. The second kappa shape index (κ2) is 11.0. The zero-order valence-corrected chi connectivity index (χ0v) is 17.0. The molecule has 0 unspecified atom stereocenters. The Bertz CT molecular complexity index is 634. The smallest absolute Gasteiger partial charge is 0.408 e. The van der Waals surface area contributed by atoms with Crippen LogP contribution in [-0.2, 0) is 25.7 Å². The summed E-state index contributed by atoms with van der Waals surface area (Å²) in [7, 11) is 0. The van der Waals surface area contributed by atoms with Crippen LogP contribution in [0.4, 0.5) is 4.79 Å². The van der Waals surface area contributed by atoms with Gasteiger partial charge in [0.1, 0.15) is 24.3 Å². The van der Waals surface area contributed by atoms with Crippen LogP contribution in [0.15, 0.2) is 30.3 Å². The maximum absolute atomic E-state index is 12.3. The van der Waals surface area contributed by atoms with Crippen molar-refractivity contribution in [3.8, 4) is 0 Å². The number of esters is 1. The summed E-state index contributed by atoms with van der Waals surface area (Å²) < 4.78 is 10.2. The summed E-state index contributed by atoms with van der Waals surface area (Å²) >= 11 is 11.5. The Morgan fingerprint density at radius 2 is 1.59 bits per heavy atom. The van der Waals surface area contributed by atoms with Crippen LogP contribution in [0.2, 0.25) is 0 Å². The molecule has 2 amide bonds. The molecule has 7 nitrogen and oxygen atoms in total. The minimum atomic E-state index is -1.09. The van der Waals surface area contributed by atoms with Gasteiger partial charge in [0.25, 0.3) is 0 Å². The van der Waals surface area contributed by atoms with E-state index >= 15 is 0 Å². The summed E-state index contributed by atoms with van der Waals surface area (Å²) in [4.78, 5) is 36.2. The van der Waals surface area contributed by atoms with E-state index in [1.807, 2.05) is 18.2 Å². The molecule has 27 heavy (non-hydrogen) atoms. The van der Waals surface area contributed by atoms with Gasteiger partial charge in [0, 0.05) is 0 Å². The van der Waals surface area contributed by atoms with E-state index < -0.39 is 35.7 Å². The molecule has 0 fully saturated rings. The van der Waals surface area contributed by atoms with Crippen LogP contribution in [0.5, 0.6) is 0 Å². The Balaban J connectivity index is 2.58. The highest BCUT2D eigenvalue weighted by Gasteiger charge is 2.28. The van der Waals surface area contributed by atoms with E-state index in [1.165, 1.54) is 0 Å². The first-order chi connectivity index (χ1) is 12.7. The summed E-state index contributed by atoms with van der Waals surface area (Å²) in [6.45, 7) is 5.12. The molecule has 0 radical (unpaired) electrons. The van der Waals surface area contributed by atoms with Gasteiger partial charge in [-0.25, -0.2) is 9.59 Å².